The summed E-state index contributed by atoms with van der Waals surface area (Å²) >= 11 is 5.89. The van der Waals surface area contributed by atoms with Crippen molar-refractivity contribution >= 4 is 17.4 Å². The molecule has 0 spiro atoms. The smallest absolute Gasteiger partial charge is 0.182 e. The zero-order valence-electron chi connectivity index (χ0n) is 11.6. The number of carbonyl (C=O) groups is 1. The van der Waals surface area contributed by atoms with Crippen LogP contribution in [-0.4, -0.2) is 20.7 Å². The van der Waals surface area contributed by atoms with Crippen LogP contribution in [0.1, 0.15) is 34.2 Å². The average Bonchev–Trinajstić information content (AvgIpc) is 2.63. The molecule has 0 aromatic carbocycles. The number of Topliss-reactive ketones (excluding diaryl/α,β-unsaturated/α-hetero) is 1. The van der Waals surface area contributed by atoms with Gasteiger partial charge in [0.05, 0.1) is 5.38 Å². The maximum atomic E-state index is 12.1. The summed E-state index contributed by atoms with van der Waals surface area (Å²) in [6.07, 6.45) is 1.77. The Morgan fingerprint density at radius 2 is 2.00 bits per heavy atom. The lowest BCUT2D eigenvalue weighted by Gasteiger charge is -2.09. The van der Waals surface area contributed by atoms with Gasteiger partial charge in [0, 0.05) is 23.1 Å². The van der Waals surface area contributed by atoms with Gasteiger partial charge in [0.1, 0.15) is 5.82 Å². The number of carbonyl (C=O) groups excluding carboxylic acids is 1. The van der Waals surface area contributed by atoms with Crippen LogP contribution < -0.4 is 0 Å². The van der Waals surface area contributed by atoms with Gasteiger partial charge in [0.15, 0.2) is 5.78 Å². The van der Waals surface area contributed by atoms with E-state index < -0.39 is 5.38 Å². The Hall–Kier alpha value is -1.61. The number of alkyl halides is 1. The maximum absolute atomic E-state index is 12.1. The number of pyridine rings is 1. The van der Waals surface area contributed by atoms with Gasteiger partial charge in [-0.05, 0) is 51.5 Å². The predicted molar refractivity (Wildman–Crippen MR) is 77.4 cm³/mol. The molecule has 4 heteroatoms. The number of aryl methyl sites for hydroxylation is 2. The van der Waals surface area contributed by atoms with E-state index in [1.165, 1.54) is 0 Å². The fraction of sp³-hybridized carbons (Fsp3) is 0.333. The minimum atomic E-state index is -0.514. The molecule has 0 saturated carbocycles. The summed E-state index contributed by atoms with van der Waals surface area (Å²) in [6.45, 7) is 7.60. The second kappa shape index (κ2) is 5.17. The molecule has 1 atom stereocenters. The number of halogens is 1. The molecular formula is C15H17ClN2O. The molecular weight excluding hydrogens is 260 g/mol. The van der Waals surface area contributed by atoms with Crippen molar-refractivity contribution in [3.05, 3.63) is 46.9 Å². The van der Waals surface area contributed by atoms with E-state index >= 15 is 0 Å². The second-order valence-electron chi connectivity index (χ2n) is 4.79. The van der Waals surface area contributed by atoms with Crippen LogP contribution in [0.5, 0.6) is 0 Å². The van der Waals surface area contributed by atoms with Crippen molar-refractivity contribution in [2.45, 2.75) is 33.1 Å². The molecule has 0 radical (unpaired) electrons. The summed E-state index contributed by atoms with van der Waals surface area (Å²) in [6, 6.07) is 5.82. The number of hydrogen-bond acceptors (Lipinski definition) is 2. The molecule has 0 aliphatic heterocycles. The Morgan fingerprint density at radius 1 is 1.32 bits per heavy atom. The first-order chi connectivity index (χ1) is 8.91. The van der Waals surface area contributed by atoms with Gasteiger partial charge in [0.2, 0.25) is 0 Å². The first-order valence-corrected chi connectivity index (χ1v) is 6.65. The van der Waals surface area contributed by atoms with Gasteiger partial charge in [-0.3, -0.25) is 4.79 Å². The fourth-order valence-corrected chi connectivity index (χ4v) is 2.34. The zero-order chi connectivity index (χ0) is 14.2. The second-order valence-corrected chi connectivity index (χ2v) is 5.45. The highest BCUT2D eigenvalue weighted by atomic mass is 35.5. The third-order valence-corrected chi connectivity index (χ3v) is 3.39. The zero-order valence-corrected chi connectivity index (χ0v) is 12.3. The lowest BCUT2D eigenvalue weighted by Crippen LogP contribution is -2.12. The molecule has 1 unspecified atom stereocenters. The van der Waals surface area contributed by atoms with E-state index in [9.17, 15) is 4.79 Å². The summed E-state index contributed by atoms with van der Waals surface area (Å²) in [7, 11) is 0. The quantitative estimate of drug-likeness (QED) is 0.634. The molecule has 0 fully saturated rings. The molecule has 19 heavy (non-hydrogen) atoms. The summed E-state index contributed by atoms with van der Waals surface area (Å²) in [5.41, 5.74) is 3.67. The number of nitrogens with zero attached hydrogens (tertiary/aromatic N) is 2. The largest absolute Gasteiger partial charge is 0.302 e. The molecule has 3 nitrogen and oxygen atoms in total. The summed E-state index contributed by atoms with van der Waals surface area (Å²) in [5.74, 6) is 0.782. The molecule has 2 rings (SSSR count). The molecule has 0 bridgehead atoms. The van der Waals surface area contributed by atoms with Crippen molar-refractivity contribution in [3.63, 3.8) is 0 Å². The first kappa shape index (κ1) is 13.8. The lowest BCUT2D eigenvalue weighted by molar-refractivity contribution is 0.0991. The van der Waals surface area contributed by atoms with Gasteiger partial charge < -0.3 is 4.57 Å². The summed E-state index contributed by atoms with van der Waals surface area (Å²) < 4.78 is 1.99. The van der Waals surface area contributed by atoms with Gasteiger partial charge in [-0.25, -0.2) is 4.98 Å². The minimum absolute atomic E-state index is 0.0475. The Labute approximate surface area is 118 Å². The van der Waals surface area contributed by atoms with E-state index in [0.717, 1.165) is 22.8 Å². The van der Waals surface area contributed by atoms with E-state index in [1.807, 2.05) is 43.5 Å². The van der Waals surface area contributed by atoms with Crippen LogP contribution in [0.15, 0.2) is 24.4 Å². The molecule has 100 valence electrons. The molecule has 2 aromatic heterocycles. The van der Waals surface area contributed by atoms with Crippen molar-refractivity contribution in [1.29, 1.82) is 0 Å². The van der Waals surface area contributed by atoms with E-state index in [2.05, 4.69) is 4.98 Å². The number of aromatic nitrogens is 2. The molecule has 2 heterocycles. The van der Waals surface area contributed by atoms with Crippen LogP contribution in [0, 0.1) is 20.8 Å². The van der Waals surface area contributed by atoms with Gasteiger partial charge >= 0.3 is 0 Å². The molecule has 2 aromatic rings. The SMILES string of the molecule is Cc1ccnc(-n2c(C)cc(C(=O)C(C)Cl)c2C)c1. The third-order valence-electron chi connectivity index (χ3n) is 3.19. The minimum Gasteiger partial charge on any atom is -0.302 e. The van der Waals surface area contributed by atoms with E-state index in [0.29, 0.717) is 5.56 Å². The number of hydrogen-bond donors (Lipinski definition) is 0. The van der Waals surface area contributed by atoms with Crippen LogP contribution in [0.4, 0.5) is 0 Å². The summed E-state index contributed by atoms with van der Waals surface area (Å²) in [5, 5.41) is -0.514. The first-order valence-electron chi connectivity index (χ1n) is 6.22. The molecule has 0 aliphatic rings. The Bertz CT molecular complexity index is 629. The Morgan fingerprint density at radius 3 is 2.58 bits per heavy atom. The van der Waals surface area contributed by atoms with Crippen LogP contribution >= 0.6 is 11.6 Å². The highest BCUT2D eigenvalue weighted by Gasteiger charge is 2.20. The van der Waals surface area contributed by atoms with Crippen LogP contribution in [0.2, 0.25) is 0 Å². The molecule has 0 amide bonds. The Kier molecular flexibility index (Phi) is 3.76. The van der Waals surface area contributed by atoms with Crippen LogP contribution in [0.25, 0.3) is 5.82 Å². The monoisotopic (exact) mass is 276 g/mol. The standard InChI is InChI=1S/C15H17ClN2O/c1-9-5-6-17-14(7-9)18-10(2)8-13(12(18)4)15(19)11(3)16/h5-8,11H,1-4H3. The fourth-order valence-electron chi connectivity index (χ4n) is 2.22. The van der Waals surface area contributed by atoms with Gasteiger partial charge in [-0.2, -0.15) is 0 Å². The van der Waals surface area contributed by atoms with Gasteiger partial charge in [-0.15, -0.1) is 11.6 Å². The van der Waals surface area contributed by atoms with Crippen molar-refractivity contribution < 1.29 is 4.79 Å². The average molecular weight is 277 g/mol. The van der Waals surface area contributed by atoms with Gasteiger partial charge in [0.25, 0.3) is 0 Å². The maximum Gasteiger partial charge on any atom is 0.182 e. The molecule has 0 N–H and O–H groups in total. The van der Waals surface area contributed by atoms with Crippen LogP contribution in [0.3, 0.4) is 0 Å². The van der Waals surface area contributed by atoms with Crippen LogP contribution in [-0.2, 0) is 0 Å². The third kappa shape index (κ3) is 2.56. The Balaban J connectivity index is 2.57. The number of rotatable bonds is 3. The van der Waals surface area contributed by atoms with Crippen molar-refractivity contribution in [2.75, 3.05) is 0 Å². The lowest BCUT2D eigenvalue weighted by atomic mass is 10.1. The topological polar surface area (TPSA) is 34.9 Å². The van der Waals surface area contributed by atoms with Crippen molar-refractivity contribution in [1.82, 2.24) is 9.55 Å². The highest BCUT2D eigenvalue weighted by Crippen LogP contribution is 2.22. The highest BCUT2D eigenvalue weighted by molar-refractivity contribution is 6.33. The van der Waals surface area contributed by atoms with Crippen molar-refractivity contribution in [3.8, 4) is 5.82 Å². The number of ketones is 1. The van der Waals surface area contributed by atoms with Crippen molar-refractivity contribution in [2.24, 2.45) is 0 Å². The predicted octanol–water partition coefficient (Wildman–Crippen LogP) is 3.61. The normalized spacial score (nSPS) is 12.5. The molecule has 0 aliphatic carbocycles. The summed E-state index contributed by atoms with van der Waals surface area (Å²) in [4.78, 5) is 16.4. The molecule has 0 saturated heterocycles. The van der Waals surface area contributed by atoms with E-state index in [4.69, 9.17) is 11.6 Å². The van der Waals surface area contributed by atoms with E-state index in [-0.39, 0.29) is 5.78 Å². The van der Waals surface area contributed by atoms with E-state index in [1.54, 1.807) is 13.1 Å². The van der Waals surface area contributed by atoms with Gasteiger partial charge in [-0.1, -0.05) is 0 Å².